The highest BCUT2D eigenvalue weighted by atomic mass is 16.5. The Labute approximate surface area is 90.2 Å². The van der Waals surface area contributed by atoms with E-state index in [0.29, 0.717) is 0 Å². The average Bonchev–Trinajstić information content (AvgIpc) is 2.83. The number of hydrogen-bond acceptors (Lipinski definition) is 3. The Balaban J connectivity index is 2.88. The first-order valence-electron chi connectivity index (χ1n) is 5.37. The summed E-state index contributed by atoms with van der Waals surface area (Å²) >= 11 is 0. The Morgan fingerprint density at radius 2 is 2.07 bits per heavy atom. The van der Waals surface area contributed by atoms with Crippen molar-refractivity contribution in [1.29, 1.82) is 0 Å². The Kier molecular flexibility index (Phi) is 3.73. The van der Waals surface area contributed by atoms with Crippen molar-refractivity contribution in [3.8, 4) is 0 Å². The van der Waals surface area contributed by atoms with Crippen LogP contribution in [0.25, 0.3) is 0 Å². The van der Waals surface area contributed by atoms with Crippen molar-refractivity contribution in [1.82, 2.24) is 0 Å². The van der Waals surface area contributed by atoms with E-state index in [-0.39, 0.29) is 18.4 Å². The van der Waals surface area contributed by atoms with E-state index in [4.69, 9.17) is 9.84 Å². The van der Waals surface area contributed by atoms with Crippen LogP contribution >= 0.6 is 0 Å². The highest BCUT2D eigenvalue weighted by Gasteiger charge is 2.53. The first kappa shape index (κ1) is 12.5. The second-order valence-electron chi connectivity index (χ2n) is 4.76. The normalized spacial score (nSPS) is 22.5. The quantitative estimate of drug-likeness (QED) is 0.698. The maximum absolute atomic E-state index is 11.2. The van der Waals surface area contributed by atoms with Crippen molar-refractivity contribution in [2.45, 2.75) is 32.3 Å². The van der Waals surface area contributed by atoms with Gasteiger partial charge in [-0.1, -0.05) is 13.8 Å². The van der Waals surface area contributed by atoms with Crippen LogP contribution in [0.4, 0.5) is 0 Å². The van der Waals surface area contributed by atoms with Gasteiger partial charge in [-0.25, -0.2) is 0 Å². The summed E-state index contributed by atoms with van der Waals surface area (Å²) in [4.78, 5) is 11.2. The van der Waals surface area contributed by atoms with E-state index < -0.39 is 17.5 Å². The fourth-order valence-corrected chi connectivity index (χ4v) is 2.35. The maximum Gasteiger partial charge on any atom is 0.309 e. The molecule has 0 saturated heterocycles. The molecule has 4 nitrogen and oxygen atoms in total. The number of aliphatic carboxylic acids is 1. The van der Waals surface area contributed by atoms with E-state index in [2.05, 4.69) is 0 Å². The fourth-order valence-electron chi connectivity index (χ4n) is 2.35. The molecule has 2 atom stereocenters. The van der Waals surface area contributed by atoms with E-state index >= 15 is 0 Å². The predicted molar refractivity (Wildman–Crippen MR) is 55.5 cm³/mol. The van der Waals surface area contributed by atoms with Crippen LogP contribution < -0.4 is 0 Å². The van der Waals surface area contributed by atoms with E-state index in [9.17, 15) is 9.90 Å². The van der Waals surface area contributed by atoms with Crippen LogP contribution in [0.1, 0.15) is 26.7 Å². The first-order valence-corrected chi connectivity index (χ1v) is 5.37. The molecule has 1 saturated carbocycles. The van der Waals surface area contributed by atoms with Gasteiger partial charge in [0.2, 0.25) is 0 Å². The summed E-state index contributed by atoms with van der Waals surface area (Å²) in [7, 11) is 1.49. The largest absolute Gasteiger partial charge is 0.481 e. The van der Waals surface area contributed by atoms with Crippen LogP contribution in [-0.4, -0.2) is 35.5 Å². The molecule has 0 aromatic carbocycles. The summed E-state index contributed by atoms with van der Waals surface area (Å²) in [5.74, 6) is -1.69. The summed E-state index contributed by atoms with van der Waals surface area (Å²) in [5.41, 5.74) is -1.20. The Bertz CT molecular complexity index is 235. The lowest BCUT2D eigenvalue weighted by Crippen LogP contribution is -2.50. The summed E-state index contributed by atoms with van der Waals surface area (Å²) in [6.07, 6.45) is 1.80. The van der Waals surface area contributed by atoms with Gasteiger partial charge in [0.15, 0.2) is 0 Å². The lowest BCUT2D eigenvalue weighted by molar-refractivity contribution is -0.164. The van der Waals surface area contributed by atoms with E-state index in [1.807, 2.05) is 13.8 Å². The molecule has 1 aliphatic carbocycles. The molecule has 88 valence electrons. The number of aliphatic hydroxyl groups is 1. The van der Waals surface area contributed by atoms with Crippen LogP contribution in [0.15, 0.2) is 0 Å². The summed E-state index contributed by atoms with van der Waals surface area (Å²) in [6, 6.07) is 0. The highest BCUT2D eigenvalue weighted by Crippen LogP contribution is 2.46. The van der Waals surface area contributed by atoms with Gasteiger partial charge in [-0.05, 0) is 24.7 Å². The van der Waals surface area contributed by atoms with E-state index in [1.54, 1.807) is 0 Å². The van der Waals surface area contributed by atoms with Crippen LogP contribution in [0, 0.1) is 17.8 Å². The number of hydrogen-bond donors (Lipinski definition) is 2. The minimum absolute atomic E-state index is 0.0842. The molecule has 0 amide bonds. The molecule has 2 unspecified atom stereocenters. The standard InChI is InChI=1S/C11H20O4/c1-7(2)9(10(12)13)11(14,6-15-3)8-4-5-8/h7-9,14H,4-6H2,1-3H3,(H,12,13). The SMILES string of the molecule is COCC(O)(C1CC1)C(C(=O)O)C(C)C. The Morgan fingerprint density at radius 3 is 2.33 bits per heavy atom. The minimum Gasteiger partial charge on any atom is -0.481 e. The third-order valence-electron chi connectivity index (χ3n) is 3.13. The average molecular weight is 216 g/mol. The zero-order chi connectivity index (χ0) is 11.6. The number of carbonyl (C=O) groups is 1. The molecule has 0 aromatic rings. The predicted octanol–water partition coefficient (Wildman–Crippen LogP) is 1.13. The van der Waals surface area contributed by atoms with Crippen molar-refractivity contribution in [2.24, 2.45) is 17.8 Å². The van der Waals surface area contributed by atoms with Crippen molar-refractivity contribution >= 4 is 5.97 Å². The second-order valence-corrected chi connectivity index (χ2v) is 4.76. The molecule has 1 rings (SSSR count). The molecule has 15 heavy (non-hydrogen) atoms. The molecule has 0 spiro atoms. The van der Waals surface area contributed by atoms with Gasteiger partial charge < -0.3 is 14.9 Å². The van der Waals surface area contributed by atoms with Gasteiger partial charge in [0.1, 0.15) is 5.60 Å². The van der Waals surface area contributed by atoms with Crippen LogP contribution in [0.2, 0.25) is 0 Å². The number of carboxylic acid groups (broad SMARTS) is 1. The third kappa shape index (κ3) is 2.49. The molecule has 4 heteroatoms. The summed E-state index contributed by atoms with van der Waals surface area (Å²) in [6.45, 7) is 3.75. The van der Waals surface area contributed by atoms with Gasteiger partial charge in [-0.2, -0.15) is 0 Å². The van der Waals surface area contributed by atoms with Gasteiger partial charge >= 0.3 is 5.97 Å². The molecule has 0 aliphatic heterocycles. The Morgan fingerprint density at radius 1 is 1.53 bits per heavy atom. The van der Waals surface area contributed by atoms with Gasteiger partial charge in [0, 0.05) is 7.11 Å². The molecule has 0 radical (unpaired) electrons. The molecule has 0 heterocycles. The van der Waals surface area contributed by atoms with E-state index in [0.717, 1.165) is 12.8 Å². The fraction of sp³-hybridized carbons (Fsp3) is 0.909. The molecule has 0 bridgehead atoms. The molecular formula is C11H20O4. The molecule has 2 N–H and O–H groups in total. The number of methoxy groups -OCH3 is 1. The number of carboxylic acids is 1. The minimum atomic E-state index is -1.20. The van der Waals surface area contributed by atoms with Gasteiger partial charge in [0.25, 0.3) is 0 Å². The smallest absolute Gasteiger partial charge is 0.309 e. The van der Waals surface area contributed by atoms with Crippen LogP contribution in [-0.2, 0) is 9.53 Å². The summed E-state index contributed by atoms with van der Waals surface area (Å²) < 4.78 is 4.98. The van der Waals surface area contributed by atoms with Gasteiger partial charge in [-0.3, -0.25) is 4.79 Å². The van der Waals surface area contributed by atoms with E-state index in [1.165, 1.54) is 7.11 Å². The monoisotopic (exact) mass is 216 g/mol. The van der Waals surface area contributed by atoms with Crippen molar-refractivity contribution in [3.63, 3.8) is 0 Å². The maximum atomic E-state index is 11.2. The molecule has 1 fully saturated rings. The lowest BCUT2D eigenvalue weighted by atomic mass is 9.77. The van der Waals surface area contributed by atoms with Crippen molar-refractivity contribution in [2.75, 3.05) is 13.7 Å². The number of ether oxygens (including phenoxy) is 1. The van der Waals surface area contributed by atoms with Crippen molar-refractivity contribution in [3.05, 3.63) is 0 Å². The third-order valence-corrected chi connectivity index (χ3v) is 3.13. The van der Waals surface area contributed by atoms with Crippen LogP contribution in [0.5, 0.6) is 0 Å². The first-order chi connectivity index (χ1) is 6.93. The Hall–Kier alpha value is -0.610. The van der Waals surface area contributed by atoms with Gasteiger partial charge in [-0.15, -0.1) is 0 Å². The topological polar surface area (TPSA) is 66.8 Å². The molecule has 0 aromatic heterocycles. The van der Waals surface area contributed by atoms with Crippen LogP contribution in [0.3, 0.4) is 0 Å². The lowest BCUT2D eigenvalue weighted by Gasteiger charge is -2.35. The van der Waals surface area contributed by atoms with Gasteiger partial charge in [0.05, 0.1) is 12.5 Å². The zero-order valence-corrected chi connectivity index (χ0v) is 9.56. The molecule has 1 aliphatic rings. The second kappa shape index (κ2) is 4.49. The molecular weight excluding hydrogens is 196 g/mol. The highest BCUT2D eigenvalue weighted by molar-refractivity contribution is 5.72. The zero-order valence-electron chi connectivity index (χ0n) is 9.56. The van der Waals surface area contributed by atoms with Crippen molar-refractivity contribution < 1.29 is 19.7 Å². The number of rotatable bonds is 6. The summed E-state index contributed by atoms with van der Waals surface area (Å²) in [5, 5.41) is 19.6.